The highest BCUT2D eigenvalue weighted by Crippen LogP contribution is 2.34. The van der Waals surface area contributed by atoms with Crippen LogP contribution in [0.25, 0.3) is 0 Å². The maximum atomic E-state index is 9.87. The van der Waals surface area contributed by atoms with Crippen molar-refractivity contribution in [2.75, 3.05) is 6.61 Å². The Labute approximate surface area is 109 Å². The molecule has 0 amide bonds. The lowest BCUT2D eigenvalue weighted by atomic mass is 10.0. The van der Waals surface area contributed by atoms with E-state index in [4.69, 9.17) is 34.3 Å². The van der Waals surface area contributed by atoms with Gasteiger partial charge in [-0.3, -0.25) is 4.57 Å². The maximum absolute atomic E-state index is 9.87. The summed E-state index contributed by atoms with van der Waals surface area (Å²) in [6.45, 7) is 1.65. The summed E-state index contributed by atoms with van der Waals surface area (Å²) in [5.74, 6) is -0.150. The highest BCUT2D eigenvalue weighted by molar-refractivity contribution is 7.72. The number of aromatic amines is 1. The second kappa shape index (κ2) is 4.95. The van der Waals surface area contributed by atoms with E-state index >= 15 is 0 Å². The van der Waals surface area contributed by atoms with Crippen LogP contribution >= 0.6 is 24.4 Å². The summed E-state index contributed by atoms with van der Waals surface area (Å²) in [6, 6.07) is 1.71. The lowest BCUT2D eigenvalue weighted by molar-refractivity contribution is -0.0470. The van der Waals surface area contributed by atoms with Gasteiger partial charge < -0.3 is 19.9 Å². The molecule has 1 aromatic rings. The van der Waals surface area contributed by atoms with E-state index in [0.717, 1.165) is 0 Å². The average molecular weight is 274 g/mol. The summed E-state index contributed by atoms with van der Waals surface area (Å²) in [5.41, 5.74) is 0. The van der Waals surface area contributed by atoms with Crippen LogP contribution in [0.2, 0.25) is 0 Å². The van der Waals surface area contributed by atoms with Crippen molar-refractivity contribution in [1.82, 2.24) is 9.55 Å². The second-order valence-electron chi connectivity index (χ2n) is 4.11. The molecule has 1 aromatic heterocycles. The third-order valence-electron chi connectivity index (χ3n) is 2.99. The standard InChI is InChI=1S/C10H14N2O3S2/c1-5-8(14)6(4-13)15-9(5)12-3-2-7(16)11-10(12)17/h2-3,5-6,8-9,13-14H,4H2,1H3,(H,11,16,17)/t5?,6-,8-,9-/m1/s1. The second-order valence-corrected chi connectivity index (χ2v) is 4.94. The first kappa shape index (κ1) is 12.8. The Hall–Kier alpha value is -0.600. The monoisotopic (exact) mass is 274 g/mol. The number of aliphatic hydroxyl groups excluding tert-OH is 2. The number of aliphatic hydroxyl groups is 2. The van der Waals surface area contributed by atoms with Gasteiger partial charge in [-0.05, 0) is 18.3 Å². The Balaban J connectivity index is 2.35. The molecule has 1 unspecified atom stereocenters. The Morgan fingerprint density at radius 3 is 2.76 bits per heavy atom. The van der Waals surface area contributed by atoms with E-state index in [1.807, 2.05) is 6.92 Å². The molecular formula is C10H14N2O3S2. The Morgan fingerprint density at radius 1 is 1.53 bits per heavy atom. The fourth-order valence-corrected chi connectivity index (χ4v) is 2.49. The minimum Gasteiger partial charge on any atom is -0.394 e. The molecule has 2 heterocycles. The molecule has 1 saturated heterocycles. The molecule has 94 valence electrons. The molecule has 3 N–H and O–H groups in total. The fourth-order valence-electron chi connectivity index (χ4n) is 1.99. The smallest absolute Gasteiger partial charge is 0.180 e. The van der Waals surface area contributed by atoms with Crippen LogP contribution in [0, 0.1) is 15.3 Å². The molecule has 5 nitrogen and oxygen atoms in total. The molecule has 17 heavy (non-hydrogen) atoms. The van der Waals surface area contributed by atoms with E-state index in [1.54, 1.807) is 16.8 Å². The normalized spacial score (nSPS) is 32.9. The largest absolute Gasteiger partial charge is 0.394 e. The van der Waals surface area contributed by atoms with Crippen molar-refractivity contribution in [3.8, 4) is 0 Å². The van der Waals surface area contributed by atoms with Crippen LogP contribution in [-0.4, -0.2) is 38.6 Å². The first-order valence-electron chi connectivity index (χ1n) is 5.30. The van der Waals surface area contributed by atoms with Gasteiger partial charge in [0.2, 0.25) is 0 Å². The van der Waals surface area contributed by atoms with E-state index in [0.29, 0.717) is 9.41 Å². The molecule has 0 radical (unpaired) electrons. The zero-order valence-corrected chi connectivity index (χ0v) is 10.9. The van der Waals surface area contributed by atoms with E-state index in [9.17, 15) is 5.11 Å². The molecular weight excluding hydrogens is 260 g/mol. The summed E-state index contributed by atoms with van der Waals surface area (Å²) >= 11 is 10.1. The third-order valence-corrected chi connectivity index (χ3v) is 3.54. The van der Waals surface area contributed by atoms with Gasteiger partial charge in [0.15, 0.2) is 4.77 Å². The van der Waals surface area contributed by atoms with Crippen LogP contribution in [0.5, 0.6) is 0 Å². The third kappa shape index (κ3) is 2.34. The van der Waals surface area contributed by atoms with Crippen molar-refractivity contribution in [3.05, 3.63) is 21.7 Å². The van der Waals surface area contributed by atoms with Gasteiger partial charge in [-0.1, -0.05) is 19.1 Å². The maximum Gasteiger partial charge on any atom is 0.180 e. The van der Waals surface area contributed by atoms with Crippen LogP contribution in [0.15, 0.2) is 12.3 Å². The van der Waals surface area contributed by atoms with Gasteiger partial charge in [-0.15, -0.1) is 0 Å². The van der Waals surface area contributed by atoms with Crippen LogP contribution in [0.1, 0.15) is 13.2 Å². The first-order chi connectivity index (χ1) is 8.04. The highest BCUT2D eigenvalue weighted by Gasteiger charge is 2.41. The number of ether oxygens (including phenoxy) is 1. The summed E-state index contributed by atoms with van der Waals surface area (Å²) in [5, 5.41) is 19.0. The average Bonchev–Trinajstić information content (AvgIpc) is 2.57. The first-order valence-corrected chi connectivity index (χ1v) is 6.12. The van der Waals surface area contributed by atoms with Gasteiger partial charge in [-0.2, -0.15) is 0 Å². The molecule has 4 atom stereocenters. The highest BCUT2D eigenvalue weighted by atomic mass is 32.1. The van der Waals surface area contributed by atoms with Gasteiger partial charge >= 0.3 is 0 Å². The van der Waals surface area contributed by atoms with E-state index < -0.39 is 12.2 Å². The SMILES string of the molecule is CC1[C@@H](O)[C@@H](CO)O[C@H]1n1ccc(=S)[nH]c1=S. The van der Waals surface area contributed by atoms with Gasteiger partial charge in [0.25, 0.3) is 0 Å². The topological polar surface area (TPSA) is 70.4 Å². The number of hydrogen-bond acceptors (Lipinski definition) is 5. The lowest BCUT2D eigenvalue weighted by Crippen LogP contribution is -2.28. The summed E-state index contributed by atoms with van der Waals surface area (Å²) in [4.78, 5) is 2.85. The number of rotatable bonds is 2. The van der Waals surface area contributed by atoms with E-state index in [2.05, 4.69) is 4.98 Å². The van der Waals surface area contributed by atoms with Crippen molar-refractivity contribution in [1.29, 1.82) is 0 Å². The van der Waals surface area contributed by atoms with Crippen LogP contribution in [-0.2, 0) is 4.74 Å². The number of hydrogen-bond donors (Lipinski definition) is 3. The van der Waals surface area contributed by atoms with Crippen molar-refractivity contribution < 1.29 is 14.9 Å². The molecule has 0 saturated carbocycles. The summed E-state index contributed by atoms with van der Waals surface area (Å²) < 4.78 is 8.28. The summed E-state index contributed by atoms with van der Waals surface area (Å²) in [6.07, 6.45) is 0.0751. The van der Waals surface area contributed by atoms with Gasteiger partial charge in [0.1, 0.15) is 17.0 Å². The number of nitrogens with one attached hydrogen (secondary N) is 1. The molecule has 0 bridgehead atoms. The molecule has 1 aliphatic heterocycles. The molecule has 0 aliphatic carbocycles. The molecule has 0 aromatic carbocycles. The molecule has 1 fully saturated rings. The van der Waals surface area contributed by atoms with Crippen LogP contribution in [0.3, 0.4) is 0 Å². The van der Waals surface area contributed by atoms with Crippen molar-refractivity contribution >= 4 is 24.4 Å². The number of nitrogens with zero attached hydrogens (tertiary/aromatic N) is 1. The van der Waals surface area contributed by atoms with Crippen molar-refractivity contribution in [2.24, 2.45) is 5.92 Å². The molecule has 0 spiro atoms. The van der Waals surface area contributed by atoms with Crippen molar-refractivity contribution in [2.45, 2.75) is 25.4 Å². The Bertz CT molecular complexity index is 513. The van der Waals surface area contributed by atoms with E-state index in [1.165, 1.54) is 0 Å². The van der Waals surface area contributed by atoms with Gasteiger partial charge in [-0.25, -0.2) is 0 Å². The Kier molecular flexibility index (Phi) is 3.74. The van der Waals surface area contributed by atoms with Crippen LogP contribution < -0.4 is 0 Å². The minimum atomic E-state index is -0.699. The van der Waals surface area contributed by atoms with Crippen LogP contribution in [0.4, 0.5) is 0 Å². The van der Waals surface area contributed by atoms with Crippen molar-refractivity contribution in [3.63, 3.8) is 0 Å². The molecule has 1 aliphatic rings. The predicted octanol–water partition coefficient (Wildman–Crippen LogP) is 1.16. The zero-order chi connectivity index (χ0) is 12.6. The minimum absolute atomic E-state index is 0.150. The van der Waals surface area contributed by atoms with Gasteiger partial charge in [0, 0.05) is 12.1 Å². The lowest BCUT2D eigenvalue weighted by Gasteiger charge is -2.18. The quantitative estimate of drug-likeness (QED) is 0.706. The number of aromatic nitrogens is 2. The van der Waals surface area contributed by atoms with E-state index in [-0.39, 0.29) is 18.8 Å². The van der Waals surface area contributed by atoms with Gasteiger partial charge in [0.05, 0.1) is 12.7 Å². The zero-order valence-electron chi connectivity index (χ0n) is 9.24. The molecule has 7 heteroatoms. The number of H-pyrrole nitrogens is 1. The Morgan fingerprint density at radius 2 is 2.24 bits per heavy atom. The summed E-state index contributed by atoms with van der Waals surface area (Å²) in [7, 11) is 0. The molecule has 2 rings (SSSR count). The fraction of sp³-hybridized carbons (Fsp3) is 0.600. The predicted molar refractivity (Wildman–Crippen MR) is 66.6 cm³/mol.